The number of hydrogen-bond donors (Lipinski definition) is 1. The van der Waals surface area contributed by atoms with Gasteiger partial charge in [0.25, 0.3) is 0 Å². The number of para-hydroxylation sites is 1. The van der Waals surface area contributed by atoms with Crippen LogP contribution in [0.4, 0.5) is 18.3 Å². The fraction of sp³-hybridized carbons (Fsp3) is 0.125. The van der Waals surface area contributed by atoms with Crippen LogP contribution in [0.3, 0.4) is 0 Å². The number of nitrogens with zero attached hydrogens (tertiary/aromatic N) is 1. The Hall–Kier alpha value is -1.34. The topological polar surface area (TPSA) is 34.1 Å². The quantitative estimate of drug-likeness (QED) is 0.810. The highest BCUT2D eigenvalue weighted by Gasteiger charge is 2.30. The van der Waals surface area contributed by atoms with Gasteiger partial charge >= 0.3 is 6.36 Å². The Morgan fingerprint density at radius 2 is 2.00 bits per heavy atom. The second-order valence-corrected chi connectivity index (χ2v) is 3.67. The maximum Gasteiger partial charge on any atom is 0.543 e. The first kappa shape index (κ1) is 10.2. The van der Waals surface area contributed by atoms with Crippen molar-refractivity contribution in [1.29, 1.82) is 0 Å². The second kappa shape index (κ2) is 3.67. The van der Waals surface area contributed by atoms with Crippen molar-refractivity contribution in [3.8, 4) is 0 Å². The summed E-state index contributed by atoms with van der Waals surface area (Å²) in [5.74, 6) is 0. The lowest BCUT2D eigenvalue weighted by atomic mass is 10.3. The average Bonchev–Trinajstić information content (AvgIpc) is 2.56. The fourth-order valence-corrected chi connectivity index (χ4v) is 1.82. The maximum atomic E-state index is 11.7. The number of thiazole rings is 1. The van der Waals surface area contributed by atoms with Crippen molar-refractivity contribution in [1.82, 2.24) is 4.98 Å². The van der Waals surface area contributed by atoms with Crippen LogP contribution >= 0.6 is 11.3 Å². The summed E-state index contributed by atoms with van der Waals surface area (Å²) < 4.78 is 35.9. The molecule has 0 radical (unpaired) electrons. The zero-order chi connectivity index (χ0) is 10.9. The molecule has 0 spiro atoms. The number of nitrogens with one attached hydrogen (secondary N) is 1. The lowest BCUT2D eigenvalue weighted by molar-refractivity contribution is -0.311. The molecule has 7 heteroatoms. The van der Waals surface area contributed by atoms with E-state index in [1.54, 1.807) is 29.7 Å². The Kier molecular flexibility index (Phi) is 2.49. The van der Waals surface area contributed by atoms with Gasteiger partial charge in [-0.15, -0.1) is 13.2 Å². The van der Waals surface area contributed by atoms with Crippen LogP contribution in [0.25, 0.3) is 10.2 Å². The van der Waals surface area contributed by atoms with Gasteiger partial charge in [0, 0.05) is 0 Å². The smallest absolute Gasteiger partial charge is 0.232 e. The van der Waals surface area contributed by atoms with E-state index in [2.05, 4.69) is 9.82 Å². The molecular formula is C8H5F3N2OS. The van der Waals surface area contributed by atoms with Crippen LogP contribution in [0.1, 0.15) is 0 Å². The summed E-state index contributed by atoms with van der Waals surface area (Å²) in [4.78, 5) is 7.34. The van der Waals surface area contributed by atoms with E-state index < -0.39 is 6.36 Å². The summed E-state index contributed by atoms with van der Waals surface area (Å²) >= 11 is 1.09. The minimum atomic E-state index is -4.71. The van der Waals surface area contributed by atoms with Gasteiger partial charge in [-0.25, -0.2) is 10.5 Å². The van der Waals surface area contributed by atoms with E-state index in [1.807, 2.05) is 0 Å². The summed E-state index contributed by atoms with van der Waals surface area (Å²) in [7, 11) is 0. The Morgan fingerprint density at radius 3 is 2.67 bits per heavy atom. The molecule has 0 saturated carbocycles. The molecule has 0 unspecified atom stereocenters. The van der Waals surface area contributed by atoms with E-state index in [4.69, 9.17) is 0 Å². The lowest BCUT2D eigenvalue weighted by Gasteiger charge is -2.05. The Bertz CT molecular complexity index is 435. The van der Waals surface area contributed by atoms with Gasteiger partial charge in [-0.3, -0.25) is 0 Å². The molecule has 0 saturated heterocycles. The van der Waals surface area contributed by atoms with Gasteiger partial charge in [0.05, 0.1) is 10.2 Å². The Morgan fingerprint density at radius 1 is 1.27 bits per heavy atom. The molecule has 0 atom stereocenters. The van der Waals surface area contributed by atoms with Gasteiger partial charge in [-0.1, -0.05) is 23.5 Å². The van der Waals surface area contributed by atoms with Gasteiger partial charge in [0.2, 0.25) is 5.13 Å². The monoisotopic (exact) mass is 234 g/mol. The number of hydrogen-bond acceptors (Lipinski definition) is 4. The summed E-state index contributed by atoms with van der Waals surface area (Å²) in [6, 6.07) is 7.03. The highest BCUT2D eigenvalue weighted by atomic mass is 32.1. The molecular weight excluding hydrogens is 229 g/mol. The van der Waals surface area contributed by atoms with E-state index in [1.165, 1.54) is 0 Å². The number of fused-ring (bicyclic) bond motifs is 1. The Balaban J connectivity index is 2.16. The van der Waals surface area contributed by atoms with Crippen LogP contribution in [0.5, 0.6) is 0 Å². The number of alkyl halides is 3. The van der Waals surface area contributed by atoms with Crippen LogP contribution in [0.15, 0.2) is 24.3 Å². The first-order valence-electron chi connectivity index (χ1n) is 3.91. The molecule has 1 aromatic heterocycles. The molecule has 0 fully saturated rings. The van der Waals surface area contributed by atoms with Gasteiger partial charge in [-0.05, 0) is 12.1 Å². The number of halogens is 3. The third kappa shape index (κ3) is 2.57. The first-order chi connectivity index (χ1) is 7.04. The molecule has 15 heavy (non-hydrogen) atoms. The van der Waals surface area contributed by atoms with E-state index in [9.17, 15) is 13.2 Å². The van der Waals surface area contributed by atoms with Crippen molar-refractivity contribution in [2.75, 3.05) is 5.48 Å². The molecule has 1 aromatic carbocycles. The largest absolute Gasteiger partial charge is 0.543 e. The molecule has 1 heterocycles. The van der Waals surface area contributed by atoms with E-state index in [0.29, 0.717) is 5.52 Å². The number of aromatic nitrogens is 1. The van der Waals surface area contributed by atoms with E-state index >= 15 is 0 Å². The lowest BCUT2D eigenvalue weighted by Crippen LogP contribution is -2.17. The van der Waals surface area contributed by atoms with Crippen LogP contribution in [0.2, 0.25) is 0 Å². The zero-order valence-electron chi connectivity index (χ0n) is 7.21. The molecule has 0 aliphatic rings. The van der Waals surface area contributed by atoms with Gasteiger partial charge in [0.1, 0.15) is 0 Å². The molecule has 0 aliphatic heterocycles. The number of anilines is 1. The second-order valence-electron chi connectivity index (χ2n) is 2.64. The van der Waals surface area contributed by atoms with Crippen LogP contribution in [-0.4, -0.2) is 11.3 Å². The van der Waals surface area contributed by atoms with E-state index in [0.717, 1.165) is 16.0 Å². The SMILES string of the molecule is FC(F)(F)ONc1nc2ccccc2s1. The molecule has 0 aliphatic carbocycles. The van der Waals surface area contributed by atoms with Crippen LogP contribution < -0.4 is 5.48 Å². The summed E-state index contributed by atoms with van der Waals surface area (Å²) in [6.07, 6.45) is -4.71. The maximum absolute atomic E-state index is 11.7. The summed E-state index contributed by atoms with van der Waals surface area (Å²) in [5, 5.41) is 0.0773. The zero-order valence-corrected chi connectivity index (χ0v) is 8.02. The standard InChI is InChI=1S/C8H5F3N2OS/c9-8(10,11)14-13-7-12-5-3-1-2-4-6(5)15-7/h1-4H,(H,12,13). The molecule has 80 valence electrons. The minimum Gasteiger partial charge on any atom is -0.232 e. The predicted molar refractivity (Wildman–Crippen MR) is 50.4 cm³/mol. The molecule has 0 bridgehead atoms. The van der Waals surface area contributed by atoms with E-state index in [-0.39, 0.29) is 5.13 Å². The predicted octanol–water partition coefficient (Wildman–Crippen LogP) is 3.16. The highest BCUT2D eigenvalue weighted by molar-refractivity contribution is 7.22. The van der Waals surface area contributed by atoms with Crippen molar-refractivity contribution in [2.45, 2.75) is 6.36 Å². The Labute approximate surface area is 86.5 Å². The highest BCUT2D eigenvalue weighted by Crippen LogP contribution is 2.26. The minimum absolute atomic E-state index is 0.0773. The molecule has 2 aromatic rings. The normalized spacial score (nSPS) is 11.9. The van der Waals surface area contributed by atoms with Crippen LogP contribution in [0, 0.1) is 0 Å². The third-order valence-electron chi connectivity index (χ3n) is 1.55. The first-order valence-corrected chi connectivity index (χ1v) is 4.72. The van der Waals surface area contributed by atoms with Crippen molar-refractivity contribution >= 4 is 26.7 Å². The van der Waals surface area contributed by atoms with Gasteiger partial charge in [0.15, 0.2) is 0 Å². The van der Waals surface area contributed by atoms with Gasteiger partial charge < -0.3 is 0 Å². The molecule has 0 amide bonds. The van der Waals surface area contributed by atoms with Crippen LogP contribution in [-0.2, 0) is 4.84 Å². The number of benzene rings is 1. The van der Waals surface area contributed by atoms with Crippen molar-refractivity contribution < 1.29 is 18.0 Å². The van der Waals surface area contributed by atoms with Gasteiger partial charge in [-0.2, -0.15) is 4.84 Å². The molecule has 2 rings (SSSR count). The molecule has 1 N–H and O–H groups in total. The fourth-order valence-electron chi connectivity index (χ4n) is 1.02. The average molecular weight is 234 g/mol. The number of rotatable bonds is 2. The van der Waals surface area contributed by atoms with Crippen molar-refractivity contribution in [2.24, 2.45) is 0 Å². The van der Waals surface area contributed by atoms with Crippen molar-refractivity contribution in [3.05, 3.63) is 24.3 Å². The summed E-state index contributed by atoms with van der Waals surface area (Å²) in [6.45, 7) is 0. The summed E-state index contributed by atoms with van der Waals surface area (Å²) in [5.41, 5.74) is 2.39. The third-order valence-corrected chi connectivity index (χ3v) is 2.48. The van der Waals surface area contributed by atoms with Crippen molar-refractivity contribution in [3.63, 3.8) is 0 Å². The molecule has 3 nitrogen and oxygen atoms in total.